The van der Waals surface area contributed by atoms with Crippen molar-refractivity contribution in [2.75, 3.05) is 14.2 Å². The molecule has 2 aromatic carbocycles. The number of allylic oxidation sites excluding steroid dienone is 1. The highest BCUT2D eigenvalue weighted by atomic mass is 79.9. The quantitative estimate of drug-likeness (QED) is 0.604. The van der Waals surface area contributed by atoms with Gasteiger partial charge in [-0.2, -0.15) is 5.26 Å². The summed E-state index contributed by atoms with van der Waals surface area (Å²) in [5, 5.41) is 9.38. The Balaban J connectivity index is 2.53. The van der Waals surface area contributed by atoms with Gasteiger partial charge in [-0.25, -0.2) is 0 Å². The Morgan fingerprint density at radius 3 is 2.33 bits per heavy atom. The van der Waals surface area contributed by atoms with E-state index >= 15 is 0 Å². The Bertz CT molecular complexity index is 703. The van der Waals surface area contributed by atoms with E-state index in [1.807, 2.05) is 36.4 Å². The van der Waals surface area contributed by atoms with Crippen molar-refractivity contribution in [1.82, 2.24) is 0 Å². The monoisotopic (exact) mass is 343 g/mol. The van der Waals surface area contributed by atoms with Crippen LogP contribution >= 0.6 is 15.9 Å². The van der Waals surface area contributed by atoms with Crippen LogP contribution in [0.4, 0.5) is 0 Å². The smallest absolute Gasteiger partial charge is 0.136 e. The second-order valence-corrected chi connectivity index (χ2v) is 5.12. The van der Waals surface area contributed by atoms with Gasteiger partial charge in [0, 0.05) is 11.6 Å². The maximum absolute atomic E-state index is 9.38. The lowest BCUT2D eigenvalue weighted by Crippen LogP contribution is -1.92. The molecule has 0 bridgehead atoms. The number of hydrogen-bond acceptors (Lipinski definition) is 3. The van der Waals surface area contributed by atoms with Gasteiger partial charge < -0.3 is 9.47 Å². The number of nitrogens with zero attached hydrogens (tertiary/aromatic N) is 1. The molecule has 2 rings (SSSR count). The Labute approximate surface area is 132 Å². The molecule has 0 aromatic heterocycles. The third-order valence-corrected chi connectivity index (χ3v) is 3.63. The summed E-state index contributed by atoms with van der Waals surface area (Å²) >= 11 is 3.45. The fourth-order valence-corrected chi connectivity index (χ4v) is 2.47. The van der Waals surface area contributed by atoms with Gasteiger partial charge in [0.15, 0.2) is 0 Å². The molecule has 2 aromatic rings. The van der Waals surface area contributed by atoms with E-state index in [-0.39, 0.29) is 0 Å². The fraction of sp³-hybridized carbons (Fsp3) is 0.118. The van der Waals surface area contributed by atoms with Crippen LogP contribution in [-0.4, -0.2) is 14.2 Å². The highest BCUT2D eigenvalue weighted by molar-refractivity contribution is 9.10. The molecule has 0 amide bonds. The molecule has 0 atom stereocenters. The molecule has 0 saturated carbocycles. The fourth-order valence-electron chi connectivity index (χ4n) is 1.95. The van der Waals surface area contributed by atoms with E-state index in [1.165, 1.54) is 0 Å². The van der Waals surface area contributed by atoms with Gasteiger partial charge in [-0.1, -0.05) is 30.3 Å². The summed E-state index contributed by atoms with van der Waals surface area (Å²) in [4.78, 5) is 0. The average molecular weight is 344 g/mol. The third kappa shape index (κ3) is 3.45. The van der Waals surface area contributed by atoms with E-state index in [2.05, 4.69) is 22.0 Å². The summed E-state index contributed by atoms with van der Waals surface area (Å²) in [7, 11) is 3.19. The van der Waals surface area contributed by atoms with Crippen molar-refractivity contribution in [2.24, 2.45) is 0 Å². The van der Waals surface area contributed by atoms with Gasteiger partial charge in [0.2, 0.25) is 0 Å². The molecule has 0 heterocycles. The lowest BCUT2D eigenvalue weighted by molar-refractivity contribution is 0.392. The number of benzene rings is 2. The van der Waals surface area contributed by atoms with Gasteiger partial charge in [-0.15, -0.1) is 0 Å². The van der Waals surface area contributed by atoms with Gasteiger partial charge in [-0.3, -0.25) is 0 Å². The van der Waals surface area contributed by atoms with Gasteiger partial charge in [-0.05, 0) is 33.6 Å². The maximum atomic E-state index is 9.38. The van der Waals surface area contributed by atoms with Crippen LogP contribution in [0, 0.1) is 11.3 Å². The van der Waals surface area contributed by atoms with Crippen LogP contribution in [-0.2, 0) is 0 Å². The van der Waals surface area contributed by atoms with Gasteiger partial charge >= 0.3 is 0 Å². The summed E-state index contributed by atoms with van der Waals surface area (Å²) in [5.41, 5.74) is 2.26. The SMILES string of the molecule is COc1cc(OC)c(/C=C(/C#N)c2ccccc2)cc1Br. The lowest BCUT2D eigenvalue weighted by Gasteiger charge is -2.10. The third-order valence-electron chi connectivity index (χ3n) is 3.01. The van der Waals surface area contributed by atoms with E-state index in [1.54, 1.807) is 26.4 Å². The molecular formula is C17H14BrNO2. The van der Waals surface area contributed by atoms with Crippen molar-refractivity contribution < 1.29 is 9.47 Å². The number of hydrogen-bond donors (Lipinski definition) is 0. The molecule has 0 unspecified atom stereocenters. The summed E-state index contributed by atoms with van der Waals surface area (Å²) in [5.74, 6) is 1.33. The van der Waals surface area contributed by atoms with E-state index in [4.69, 9.17) is 9.47 Å². The molecular weight excluding hydrogens is 330 g/mol. The van der Waals surface area contributed by atoms with Crippen molar-refractivity contribution in [3.05, 3.63) is 58.1 Å². The Morgan fingerprint density at radius 1 is 1.10 bits per heavy atom. The average Bonchev–Trinajstić information content (AvgIpc) is 2.53. The zero-order valence-electron chi connectivity index (χ0n) is 11.8. The van der Waals surface area contributed by atoms with Crippen molar-refractivity contribution >= 4 is 27.6 Å². The highest BCUT2D eigenvalue weighted by Crippen LogP contribution is 2.34. The zero-order valence-corrected chi connectivity index (χ0v) is 13.3. The predicted octanol–water partition coefficient (Wildman–Crippen LogP) is 4.53. The van der Waals surface area contributed by atoms with Crippen molar-refractivity contribution in [1.29, 1.82) is 5.26 Å². The Hall–Kier alpha value is -2.25. The highest BCUT2D eigenvalue weighted by Gasteiger charge is 2.09. The summed E-state index contributed by atoms with van der Waals surface area (Å²) in [6.45, 7) is 0. The standard InChI is InChI=1S/C17H14BrNO2/c1-20-16-10-17(21-2)15(18)9-13(16)8-14(11-19)12-6-4-3-5-7-12/h3-10H,1-2H3/b14-8-. The van der Waals surface area contributed by atoms with Gasteiger partial charge in [0.05, 0.1) is 30.3 Å². The van der Waals surface area contributed by atoms with Crippen molar-refractivity contribution in [3.8, 4) is 17.6 Å². The first-order valence-corrected chi connectivity index (χ1v) is 7.07. The number of nitriles is 1. The van der Waals surface area contributed by atoms with Crippen LogP contribution in [0.3, 0.4) is 0 Å². The normalized spacial score (nSPS) is 10.9. The molecule has 0 N–H and O–H groups in total. The number of methoxy groups -OCH3 is 2. The van der Waals surface area contributed by atoms with Crippen LogP contribution in [0.2, 0.25) is 0 Å². The first-order valence-electron chi connectivity index (χ1n) is 6.28. The molecule has 0 radical (unpaired) electrons. The van der Waals surface area contributed by atoms with E-state index < -0.39 is 0 Å². The topological polar surface area (TPSA) is 42.2 Å². The molecule has 21 heavy (non-hydrogen) atoms. The molecule has 0 aliphatic heterocycles. The summed E-state index contributed by atoms with van der Waals surface area (Å²) in [6.07, 6.45) is 1.80. The minimum Gasteiger partial charge on any atom is -0.496 e. The van der Waals surface area contributed by atoms with E-state index in [0.717, 1.165) is 15.6 Å². The first kappa shape index (κ1) is 15.1. The Morgan fingerprint density at radius 2 is 1.76 bits per heavy atom. The molecule has 0 aliphatic rings. The van der Waals surface area contributed by atoms with Crippen LogP contribution in [0.1, 0.15) is 11.1 Å². The molecule has 3 nitrogen and oxygen atoms in total. The minimum atomic E-state index is 0.575. The van der Waals surface area contributed by atoms with Gasteiger partial charge in [0.25, 0.3) is 0 Å². The van der Waals surface area contributed by atoms with Crippen molar-refractivity contribution in [3.63, 3.8) is 0 Å². The number of rotatable bonds is 4. The minimum absolute atomic E-state index is 0.575. The number of halogens is 1. The van der Waals surface area contributed by atoms with Crippen molar-refractivity contribution in [2.45, 2.75) is 0 Å². The predicted molar refractivity (Wildman–Crippen MR) is 87.2 cm³/mol. The van der Waals surface area contributed by atoms with Crippen LogP contribution in [0.15, 0.2) is 46.9 Å². The number of ether oxygens (including phenoxy) is 2. The largest absolute Gasteiger partial charge is 0.496 e. The molecule has 0 saturated heterocycles. The molecule has 4 heteroatoms. The molecule has 0 aliphatic carbocycles. The zero-order chi connectivity index (χ0) is 15.2. The molecule has 0 fully saturated rings. The lowest BCUT2D eigenvalue weighted by atomic mass is 10.0. The van der Waals surface area contributed by atoms with Gasteiger partial charge in [0.1, 0.15) is 11.5 Å². The van der Waals surface area contributed by atoms with E-state index in [9.17, 15) is 5.26 Å². The first-order chi connectivity index (χ1) is 10.2. The summed E-state index contributed by atoms with van der Waals surface area (Å²) < 4.78 is 11.4. The molecule has 0 spiro atoms. The second-order valence-electron chi connectivity index (χ2n) is 4.26. The van der Waals surface area contributed by atoms with Crippen LogP contribution in [0.5, 0.6) is 11.5 Å². The van der Waals surface area contributed by atoms with Crippen LogP contribution < -0.4 is 9.47 Å². The maximum Gasteiger partial charge on any atom is 0.136 e. The molecule has 106 valence electrons. The second kappa shape index (κ2) is 6.96. The van der Waals surface area contributed by atoms with E-state index in [0.29, 0.717) is 17.1 Å². The summed E-state index contributed by atoms with van der Waals surface area (Å²) in [6, 6.07) is 15.4. The van der Waals surface area contributed by atoms with Crippen LogP contribution in [0.25, 0.3) is 11.6 Å². The Kier molecular flexibility index (Phi) is 5.02.